The molecule has 0 aliphatic carbocycles. The molecule has 1 fully saturated rings. The van der Waals surface area contributed by atoms with E-state index in [1.54, 1.807) is 16.6 Å². The third-order valence-corrected chi connectivity index (χ3v) is 19.7. The van der Waals surface area contributed by atoms with E-state index >= 15 is 0 Å². The summed E-state index contributed by atoms with van der Waals surface area (Å²) >= 11 is 0. The summed E-state index contributed by atoms with van der Waals surface area (Å²) < 4.78 is 29.6. The topological polar surface area (TPSA) is 120 Å². The van der Waals surface area contributed by atoms with Crippen molar-refractivity contribution in [2.24, 2.45) is 0 Å². The van der Waals surface area contributed by atoms with Crippen LogP contribution in [0.5, 0.6) is 0 Å². The van der Waals surface area contributed by atoms with Crippen LogP contribution in [0.3, 0.4) is 0 Å². The summed E-state index contributed by atoms with van der Waals surface area (Å²) in [7, 11) is -6.97. The van der Waals surface area contributed by atoms with Gasteiger partial charge in [-0.1, -0.05) is 59.7 Å². The molecule has 256 valence electrons. The molecule has 2 aromatic heterocycles. The van der Waals surface area contributed by atoms with E-state index in [4.69, 9.17) is 18.0 Å². The number of amides is 1. The smallest absolute Gasteiger partial charge is 0.256 e. The molecule has 4 atom stereocenters. The largest absolute Gasteiger partial charge is 0.413 e. The van der Waals surface area contributed by atoms with Gasteiger partial charge in [0.1, 0.15) is 36.2 Å². The van der Waals surface area contributed by atoms with Gasteiger partial charge in [0.2, 0.25) is 5.60 Å². The Balaban J connectivity index is 1.88. The van der Waals surface area contributed by atoms with E-state index in [-0.39, 0.29) is 22.6 Å². The molecule has 0 spiro atoms. The van der Waals surface area contributed by atoms with Gasteiger partial charge in [-0.05, 0) is 80.2 Å². The van der Waals surface area contributed by atoms with Gasteiger partial charge in [0.05, 0.1) is 12.3 Å². The molecule has 4 rings (SSSR count). The quantitative estimate of drug-likeness (QED) is 0.212. The molecule has 10 nitrogen and oxygen atoms in total. The number of hydrogen-bond acceptors (Lipinski definition) is 8. The van der Waals surface area contributed by atoms with Crippen LogP contribution in [0, 0.1) is 11.3 Å². The molecule has 1 aromatic carbocycles. The molecule has 1 N–H and O–H groups in total. The van der Waals surface area contributed by atoms with Crippen LogP contribution >= 0.6 is 0 Å². The van der Waals surface area contributed by atoms with Crippen molar-refractivity contribution in [1.29, 1.82) is 5.26 Å². The number of anilines is 1. The Bertz CT molecular complexity index is 1620. The van der Waals surface area contributed by atoms with E-state index < -0.39 is 48.9 Å². The van der Waals surface area contributed by atoms with E-state index in [9.17, 15) is 10.1 Å². The molecular weight excluding hydrogens is 643 g/mol. The standard InChI is InChI=1S/C34H53N5O5Si3/c1-32(2,3)46(10,11)43-28-27(42-34(21-35,22-41-45(7,8)9)29(28)44-47(12,13)33(4,5)6)25-19-20-26-30(36-23-37-39(25)26)38-31(40)24-17-15-14-16-18-24/h14-20,23,27-29H,22H2,1-13H3,(H,36,37,38,40)/t27-,28-,29-,34+/m0/s1. The van der Waals surface area contributed by atoms with Gasteiger partial charge < -0.3 is 23.3 Å². The van der Waals surface area contributed by atoms with E-state index in [0.29, 0.717) is 22.6 Å². The van der Waals surface area contributed by atoms with Crippen LogP contribution in [-0.4, -0.2) is 69.9 Å². The van der Waals surface area contributed by atoms with Crippen molar-refractivity contribution in [3.63, 3.8) is 0 Å². The molecule has 0 radical (unpaired) electrons. The number of nitrogens with zero attached hydrogens (tertiary/aromatic N) is 4. The molecule has 0 saturated carbocycles. The van der Waals surface area contributed by atoms with Crippen LogP contribution in [-0.2, 0) is 18.0 Å². The minimum atomic E-state index is -2.46. The number of ether oxygens (including phenoxy) is 1. The zero-order valence-electron chi connectivity index (χ0n) is 30.4. The number of benzene rings is 1. The van der Waals surface area contributed by atoms with Gasteiger partial charge in [-0.15, -0.1) is 0 Å². The number of carbonyl (C=O) groups excluding carboxylic acids is 1. The average Bonchev–Trinajstić information content (AvgIpc) is 3.51. The van der Waals surface area contributed by atoms with Crippen LogP contribution in [0.1, 0.15) is 63.7 Å². The maximum atomic E-state index is 13.1. The second-order valence-electron chi connectivity index (χ2n) is 16.6. The lowest BCUT2D eigenvalue weighted by Crippen LogP contribution is -2.58. The summed E-state index contributed by atoms with van der Waals surface area (Å²) in [5.74, 6) is 0.0858. The van der Waals surface area contributed by atoms with Crippen molar-refractivity contribution in [2.75, 3.05) is 11.9 Å². The molecule has 3 aromatic rings. The van der Waals surface area contributed by atoms with Crippen molar-refractivity contribution in [1.82, 2.24) is 14.6 Å². The first-order valence-corrected chi connectivity index (χ1v) is 25.5. The fourth-order valence-corrected chi connectivity index (χ4v) is 8.15. The van der Waals surface area contributed by atoms with Crippen LogP contribution in [0.2, 0.25) is 55.9 Å². The van der Waals surface area contributed by atoms with Crippen molar-refractivity contribution in [3.05, 3.63) is 60.0 Å². The van der Waals surface area contributed by atoms with Crippen molar-refractivity contribution < 1.29 is 22.8 Å². The first-order chi connectivity index (χ1) is 21.5. The van der Waals surface area contributed by atoms with Crippen molar-refractivity contribution in [2.45, 2.75) is 121 Å². The lowest BCUT2D eigenvalue weighted by molar-refractivity contribution is -0.0675. The third kappa shape index (κ3) is 7.80. The number of nitrogens with one attached hydrogen (secondary N) is 1. The van der Waals surface area contributed by atoms with Gasteiger partial charge in [-0.25, -0.2) is 9.50 Å². The molecule has 0 bridgehead atoms. The number of hydrogen-bond donors (Lipinski definition) is 1. The fourth-order valence-electron chi connectivity index (χ4n) is 4.91. The lowest BCUT2D eigenvalue weighted by Gasteiger charge is -2.45. The van der Waals surface area contributed by atoms with Crippen molar-refractivity contribution >= 4 is 42.2 Å². The Morgan fingerprint density at radius 1 is 0.957 bits per heavy atom. The molecule has 1 aliphatic heterocycles. The number of rotatable bonds is 10. The molecule has 47 heavy (non-hydrogen) atoms. The first kappa shape index (κ1) is 37.1. The Morgan fingerprint density at radius 3 is 2.11 bits per heavy atom. The Morgan fingerprint density at radius 2 is 1.55 bits per heavy atom. The molecule has 1 amide bonds. The summed E-state index contributed by atoms with van der Waals surface area (Å²) in [6.07, 6.45) is -0.678. The highest BCUT2D eigenvalue weighted by Crippen LogP contribution is 2.50. The monoisotopic (exact) mass is 695 g/mol. The predicted octanol–water partition coefficient (Wildman–Crippen LogP) is 7.95. The Hall–Kier alpha value is -2.71. The van der Waals surface area contributed by atoms with Crippen LogP contribution in [0.4, 0.5) is 5.82 Å². The maximum absolute atomic E-state index is 13.1. The number of carbonyl (C=O) groups is 1. The minimum absolute atomic E-state index is 0.0586. The minimum Gasteiger partial charge on any atom is -0.413 e. The van der Waals surface area contributed by atoms with E-state index in [0.717, 1.165) is 0 Å². The normalized spacial score (nSPS) is 22.8. The van der Waals surface area contributed by atoms with E-state index in [2.05, 4.69) is 109 Å². The first-order valence-electron chi connectivity index (χ1n) is 16.3. The third-order valence-electron chi connectivity index (χ3n) is 9.81. The second kappa shape index (κ2) is 13.0. The molecule has 1 saturated heterocycles. The summed E-state index contributed by atoms with van der Waals surface area (Å²) in [6.45, 7) is 28.3. The molecule has 0 unspecified atom stereocenters. The fraction of sp³-hybridized carbons (Fsp3) is 0.588. The van der Waals surface area contributed by atoms with Crippen molar-refractivity contribution in [3.8, 4) is 6.07 Å². The average molecular weight is 696 g/mol. The van der Waals surface area contributed by atoms with Gasteiger partial charge in [-0.3, -0.25) is 4.79 Å². The van der Waals surface area contributed by atoms with Crippen LogP contribution < -0.4 is 5.32 Å². The summed E-state index contributed by atoms with van der Waals surface area (Å²) in [4.78, 5) is 17.5. The predicted molar refractivity (Wildman–Crippen MR) is 193 cm³/mol. The number of aromatic nitrogens is 3. The molecule has 13 heteroatoms. The Kier molecular flexibility index (Phi) is 10.2. The molecular formula is C34H53N5O5Si3. The number of nitriles is 1. The highest BCUT2D eigenvalue weighted by Gasteiger charge is 2.62. The maximum Gasteiger partial charge on any atom is 0.256 e. The van der Waals surface area contributed by atoms with Gasteiger partial charge >= 0.3 is 0 Å². The molecule has 3 heterocycles. The summed E-state index contributed by atoms with van der Waals surface area (Å²) in [5.41, 5.74) is 0.353. The lowest BCUT2D eigenvalue weighted by atomic mass is 9.96. The van der Waals surface area contributed by atoms with Gasteiger partial charge in [0, 0.05) is 5.56 Å². The number of fused-ring (bicyclic) bond motifs is 1. The van der Waals surface area contributed by atoms with E-state index in [1.807, 2.05) is 30.3 Å². The zero-order chi connectivity index (χ0) is 35.2. The van der Waals surface area contributed by atoms with Crippen LogP contribution in [0.15, 0.2) is 48.8 Å². The highest BCUT2D eigenvalue weighted by molar-refractivity contribution is 6.74. The van der Waals surface area contributed by atoms with Gasteiger partial charge in [0.25, 0.3) is 5.91 Å². The zero-order valence-corrected chi connectivity index (χ0v) is 33.4. The molecule has 1 aliphatic rings. The van der Waals surface area contributed by atoms with Gasteiger partial charge in [0.15, 0.2) is 30.8 Å². The SMILES string of the molecule is CC(C)(C)[Si](C)(C)O[C@H]1[C@H](c2ccc3c(NC(=O)c4ccccc4)ncnn23)O[C@](C#N)(CO[Si](C)(C)C)[C@H]1O[Si](C)(C)C(C)(C)C. The Labute approximate surface area is 283 Å². The van der Waals surface area contributed by atoms with Gasteiger partial charge in [-0.2, -0.15) is 10.4 Å². The second-order valence-corrected chi connectivity index (χ2v) is 30.6. The summed E-state index contributed by atoms with van der Waals surface area (Å²) in [5, 5.41) is 18.3. The highest BCUT2D eigenvalue weighted by atomic mass is 28.4. The van der Waals surface area contributed by atoms with E-state index in [1.165, 1.54) is 6.33 Å². The summed E-state index contributed by atoms with van der Waals surface area (Å²) in [6, 6.07) is 15.3. The van der Waals surface area contributed by atoms with Crippen LogP contribution in [0.25, 0.3) is 5.52 Å².